The third-order valence-corrected chi connectivity index (χ3v) is 3.35. The van der Waals surface area contributed by atoms with Gasteiger partial charge in [-0.05, 0) is 35.4 Å². The summed E-state index contributed by atoms with van der Waals surface area (Å²) < 4.78 is 26.9. The van der Waals surface area contributed by atoms with E-state index in [2.05, 4.69) is 5.32 Å². The molecule has 0 bridgehead atoms. The summed E-state index contributed by atoms with van der Waals surface area (Å²) in [5, 5.41) is 3.80. The molecule has 0 fully saturated rings. The van der Waals surface area contributed by atoms with E-state index in [1.807, 2.05) is 19.9 Å². The topological polar surface area (TPSA) is 12.0 Å². The first-order valence-electron chi connectivity index (χ1n) is 6.44. The highest BCUT2D eigenvalue weighted by atomic mass is 35.5. The Bertz CT molecular complexity index is 611. The third kappa shape index (κ3) is 3.56. The smallest absolute Gasteiger partial charge is 0.131 e. The summed E-state index contributed by atoms with van der Waals surface area (Å²) in [5.74, 6) is -0.932. The normalized spacial score (nSPS) is 11.1. The van der Waals surface area contributed by atoms with Gasteiger partial charge in [0.25, 0.3) is 0 Å². The van der Waals surface area contributed by atoms with E-state index < -0.39 is 11.6 Å². The highest BCUT2D eigenvalue weighted by Crippen LogP contribution is 2.28. The van der Waals surface area contributed by atoms with Crippen molar-refractivity contribution in [3.63, 3.8) is 0 Å². The second-order valence-corrected chi connectivity index (χ2v) is 5.37. The molecule has 0 aliphatic carbocycles. The van der Waals surface area contributed by atoms with E-state index in [-0.39, 0.29) is 5.56 Å². The third-order valence-electron chi connectivity index (χ3n) is 2.99. The molecular formula is C16H16ClF2N. The van der Waals surface area contributed by atoms with Crippen LogP contribution in [0, 0.1) is 11.6 Å². The van der Waals surface area contributed by atoms with E-state index in [0.717, 1.165) is 17.7 Å². The molecule has 1 nitrogen and oxygen atoms in total. The molecule has 2 rings (SSSR count). The minimum absolute atomic E-state index is 0.218. The fraction of sp³-hybridized carbons (Fsp3) is 0.250. The van der Waals surface area contributed by atoms with Crippen LogP contribution in [0.15, 0.2) is 36.4 Å². The van der Waals surface area contributed by atoms with Gasteiger partial charge in [0.1, 0.15) is 11.6 Å². The first-order chi connectivity index (χ1) is 9.47. The molecule has 2 aromatic rings. The Morgan fingerprint density at radius 3 is 2.50 bits per heavy atom. The number of nitrogens with one attached hydrogen (secondary N) is 1. The zero-order valence-electron chi connectivity index (χ0n) is 11.4. The van der Waals surface area contributed by atoms with Crippen LogP contribution in [-0.2, 0) is 6.54 Å². The first-order valence-corrected chi connectivity index (χ1v) is 6.82. The summed E-state index contributed by atoms with van der Waals surface area (Å²) in [6, 6.07) is 8.99. The van der Waals surface area contributed by atoms with Gasteiger partial charge in [-0.25, -0.2) is 8.78 Å². The summed E-state index contributed by atoms with van der Waals surface area (Å²) in [6.07, 6.45) is 0. The van der Waals surface area contributed by atoms with Gasteiger partial charge in [0.05, 0.1) is 0 Å². The number of hydrogen-bond donors (Lipinski definition) is 1. The van der Waals surface area contributed by atoms with E-state index in [1.165, 1.54) is 6.07 Å². The average molecular weight is 296 g/mol. The molecular weight excluding hydrogens is 280 g/mol. The molecule has 0 radical (unpaired) electrons. The molecule has 0 aliphatic heterocycles. The van der Waals surface area contributed by atoms with Gasteiger partial charge in [-0.2, -0.15) is 0 Å². The van der Waals surface area contributed by atoms with Crippen LogP contribution in [0.1, 0.15) is 19.4 Å². The largest absolute Gasteiger partial charge is 0.310 e. The molecule has 0 aliphatic rings. The van der Waals surface area contributed by atoms with Crippen LogP contribution in [0.3, 0.4) is 0 Å². The number of benzene rings is 2. The Morgan fingerprint density at radius 1 is 1.10 bits per heavy atom. The van der Waals surface area contributed by atoms with Gasteiger partial charge < -0.3 is 5.32 Å². The van der Waals surface area contributed by atoms with Crippen molar-refractivity contribution in [1.82, 2.24) is 5.32 Å². The summed E-state index contributed by atoms with van der Waals surface area (Å²) >= 11 is 6.20. The molecule has 20 heavy (non-hydrogen) atoms. The Labute approximate surface area is 122 Å². The number of halogens is 3. The van der Waals surface area contributed by atoms with Crippen molar-refractivity contribution in [3.8, 4) is 11.1 Å². The predicted octanol–water partition coefficient (Wildman–Crippen LogP) is 4.78. The molecule has 0 aromatic heterocycles. The van der Waals surface area contributed by atoms with Gasteiger partial charge in [0.15, 0.2) is 0 Å². The molecule has 0 unspecified atom stereocenters. The van der Waals surface area contributed by atoms with Crippen molar-refractivity contribution in [2.45, 2.75) is 26.4 Å². The van der Waals surface area contributed by atoms with Crippen molar-refractivity contribution in [1.29, 1.82) is 0 Å². The fourth-order valence-electron chi connectivity index (χ4n) is 1.89. The highest BCUT2D eigenvalue weighted by Gasteiger charge is 2.09. The molecule has 4 heteroatoms. The maximum atomic E-state index is 13.7. The van der Waals surface area contributed by atoms with Crippen LogP contribution in [0.5, 0.6) is 0 Å². The highest BCUT2D eigenvalue weighted by molar-refractivity contribution is 6.31. The van der Waals surface area contributed by atoms with Gasteiger partial charge in [0, 0.05) is 23.2 Å². The zero-order chi connectivity index (χ0) is 14.7. The number of hydrogen-bond acceptors (Lipinski definition) is 1. The van der Waals surface area contributed by atoms with Gasteiger partial charge in [-0.3, -0.25) is 0 Å². The van der Waals surface area contributed by atoms with Gasteiger partial charge >= 0.3 is 0 Å². The monoisotopic (exact) mass is 295 g/mol. The maximum absolute atomic E-state index is 13.7. The lowest BCUT2D eigenvalue weighted by atomic mass is 10.0. The minimum Gasteiger partial charge on any atom is -0.310 e. The predicted molar refractivity (Wildman–Crippen MR) is 78.8 cm³/mol. The van der Waals surface area contributed by atoms with E-state index >= 15 is 0 Å². The Hall–Kier alpha value is -1.45. The van der Waals surface area contributed by atoms with Crippen LogP contribution in [0.25, 0.3) is 11.1 Å². The van der Waals surface area contributed by atoms with Gasteiger partial charge in [0.2, 0.25) is 0 Å². The van der Waals surface area contributed by atoms with Crippen LogP contribution in [-0.4, -0.2) is 6.04 Å². The standard InChI is InChI=1S/C16H16ClF2N/c1-10(2)20-9-12-4-3-11(7-15(12)17)14-8-13(18)5-6-16(14)19/h3-8,10,20H,9H2,1-2H3. The van der Waals surface area contributed by atoms with Gasteiger partial charge in [-0.1, -0.05) is 37.6 Å². The molecule has 2 aromatic carbocycles. The average Bonchev–Trinajstić information content (AvgIpc) is 2.40. The molecule has 0 saturated carbocycles. The quantitative estimate of drug-likeness (QED) is 0.855. The molecule has 106 valence electrons. The van der Waals surface area contributed by atoms with E-state index in [1.54, 1.807) is 12.1 Å². The van der Waals surface area contributed by atoms with Crippen LogP contribution in [0.4, 0.5) is 8.78 Å². The van der Waals surface area contributed by atoms with Crippen molar-refractivity contribution < 1.29 is 8.78 Å². The molecule has 0 saturated heterocycles. The summed E-state index contributed by atoms with van der Waals surface area (Å²) in [5.41, 5.74) is 1.72. The SMILES string of the molecule is CC(C)NCc1ccc(-c2cc(F)ccc2F)cc1Cl. The molecule has 0 amide bonds. The van der Waals surface area contributed by atoms with E-state index in [0.29, 0.717) is 23.2 Å². The fourth-order valence-corrected chi connectivity index (χ4v) is 2.14. The lowest BCUT2D eigenvalue weighted by Gasteiger charge is -2.11. The van der Waals surface area contributed by atoms with Crippen molar-refractivity contribution in [3.05, 3.63) is 58.6 Å². The van der Waals surface area contributed by atoms with Crippen LogP contribution in [0.2, 0.25) is 5.02 Å². The van der Waals surface area contributed by atoms with Crippen molar-refractivity contribution >= 4 is 11.6 Å². The molecule has 0 atom stereocenters. The maximum Gasteiger partial charge on any atom is 0.131 e. The lowest BCUT2D eigenvalue weighted by Crippen LogP contribution is -2.21. The van der Waals surface area contributed by atoms with Crippen molar-refractivity contribution in [2.75, 3.05) is 0 Å². The zero-order valence-corrected chi connectivity index (χ0v) is 12.1. The lowest BCUT2D eigenvalue weighted by molar-refractivity contribution is 0.589. The Balaban J connectivity index is 2.31. The summed E-state index contributed by atoms with van der Waals surface area (Å²) in [6.45, 7) is 4.73. The summed E-state index contributed by atoms with van der Waals surface area (Å²) in [7, 11) is 0. The van der Waals surface area contributed by atoms with Gasteiger partial charge in [-0.15, -0.1) is 0 Å². The number of rotatable bonds is 4. The first kappa shape index (κ1) is 14.9. The molecule has 0 heterocycles. The second-order valence-electron chi connectivity index (χ2n) is 4.97. The second kappa shape index (κ2) is 6.33. The van der Waals surface area contributed by atoms with Crippen molar-refractivity contribution in [2.24, 2.45) is 0 Å². The van der Waals surface area contributed by atoms with E-state index in [4.69, 9.17) is 11.6 Å². The molecule has 0 spiro atoms. The van der Waals surface area contributed by atoms with E-state index in [9.17, 15) is 8.78 Å². The Morgan fingerprint density at radius 2 is 1.85 bits per heavy atom. The van der Waals surface area contributed by atoms with Crippen LogP contribution < -0.4 is 5.32 Å². The molecule has 1 N–H and O–H groups in total. The summed E-state index contributed by atoms with van der Waals surface area (Å²) in [4.78, 5) is 0. The van der Waals surface area contributed by atoms with Crippen LogP contribution >= 0.6 is 11.6 Å². The Kier molecular flexibility index (Phi) is 4.73. The minimum atomic E-state index is -0.469.